The minimum Gasteiger partial charge on any atom is -0.458 e. The minimum absolute atomic E-state index is 0.149. The quantitative estimate of drug-likeness (QED) is 0.259. The number of rotatable bonds is 8. The summed E-state index contributed by atoms with van der Waals surface area (Å²) in [6, 6.07) is 9.24. The van der Waals surface area contributed by atoms with Crippen molar-refractivity contribution in [3.63, 3.8) is 0 Å². The summed E-state index contributed by atoms with van der Waals surface area (Å²) in [6.07, 6.45) is 2.35. The number of carbonyl (C=O) groups excluding carboxylic acids is 3. The lowest BCUT2D eigenvalue weighted by Gasteiger charge is -2.47. The molecule has 4 aliphatic heterocycles. The third-order valence-electron chi connectivity index (χ3n) is 12.8. The van der Waals surface area contributed by atoms with Gasteiger partial charge >= 0.3 is 12.1 Å². The zero-order valence-corrected chi connectivity index (χ0v) is 35.2. The molecule has 0 radical (unpaired) electrons. The standard InChI is InChI=1S/C44H62N4O9/c1-11-34-44(8)38-27(4)35(45-18-19-48(38)42(52)57-44)25(2)23-43(7,53-20-14-15-30-22-31-16-12-13-17-32(31)46-24-30)39(28(5)36(49)29(6)40(51)55-34)56-41-37(50)33(47(9)10)21-26(3)54-41/h12-17,22,24-29,33-34,37-39,41,50H,11,18-21,23H2,1-10H3/b15-14+/t25-,26-,27+,28-,29+,33+,34+,37-,38-,39+,41+,43-,44-/m1/s1. The van der Waals surface area contributed by atoms with Crippen molar-refractivity contribution in [1.29, 1.82) is 0 Å². The Kier molecular flexibility index (Phi) is 13.0. The largest absolute Gasteiger partial charge is 0.458 e. The first-order valence-electron chi connectivity index (χ1n) is 20.6. The summed E-state index contributed by atoms with van der Waals surface area (Å²) in [5.74, 6) is -3.71. The highest BCUT2D eigenvalue weighted by Gasteiger charge is 2.60. The molecular formula is C44H62N4O9. The number of carbonyl (C=O) groups is 3. The number of ether oxygens (including phenoxy) is 5. The fourth-order valence-corrected chi connectivity index (χ4v) is 9.85. The molecule has 13 atom stereocenters. The molecule has 3 saturated heterocycles. The number of aromatic nitrogens is 1. The van der Waals surface area contributed by atoms with Crippen molar-refractivity contribution in [2.45, 2.75) is 129 Å². The van der Waals surface area contributed by atoms with Crippen molar-refractivity contribution in [2.24, 2.45) is 28.7 Å². The number of hydrogen-bond donors (Lipinski definition) is 1. The van der Waals surface area contributed by atoms with Crippen molar-refractivity contribution < 1.29 is 43.2 Å². The van der Waals surface area contributed by atoms with E-state index in [9.17, 15) is 19.5 Å². The number of benzene rings is 1. The van der Waals surface area contributed by atoms with E-state index in [1.165, 1.54) is 0 Å². The van der Waals surface area contributed by atoms with Crippen LogP contribution in [0.2, 0.25) is 0 Å². The maximum atomic E-state index is 14.6. The maximum Gasteiger partial charge on any atom is 0.410 e. The summed E-state index contributed by atoms with van der Waals surface area (Å²) in [4.78, 5) is 55.4. The van der Waals surface area contributed by atoms with Crippen LogP contribution in [0.4, 0.5) is 4.79 Å². The lowest BCUT2D eigenvalue weighted by Crippen LogP contribution is -2.60. The number of aliphatic hydroxyl groups is 1. The van der Waals surface area contributed by atoms with Gasteiger partial charge in [-0.05, 0) is 84.7 Å². The van der Waals surface area contributed by atoms with E-state index in [-0.39, 0.29) is 30.6 Å². The van der Waals surface area contributed by atoms with E-state index < -0.39 is 71.5 Å². The van der Waals surface area contributed by atoms with Crippen LogP contribution in [0.15, 0.2) is 47.6 Å². The molecule has 1 aromatic heterocycles. The van der Waals surface area contributed by atoms with Gasteiger partial charge in [0.1, 0.15) is 18.1 Å². The predicted octanol–water partition coefficient (Wildman–Crippen LogP) is 5.71. The highest BCUT2D eigenvalue weighted by molar-refractivity contribution is 6.00. The van der Waals surface area contributed by atoms with Crippen molar-refractivity contribution in [3.05, 3.63) is 48.2 Å². The van der Waals surface area contributed by atoms with Crippen molar-refractivity contribution in [2.75, 3.05) is 33.8 Å². The van der Waals surface area contributed by atoms with Gasteiger partial charge in [-0.15, -0.1) is 0 Å². The number of likely N-dealkylation sites (N-methyl/N-ethyl adjacent to an activating group) is 1. The van der Waals surface area contributed by atoms with E-state index >= 15 is 0 Å². The first-order chi connectivity index (χ1) is 27.0. The van der Waals surface area contributed by atoms with Crippen LogP contribution in [0.3, 0.4) is 0 Å². The van der Waals surface area contributed by atoms with E-state index in [0.717, 1.165) is 22.2 Å². The summed E-state index contributed by atoms with van der Waals surface area (Å²) in [7, 11) is 3.81. The molecule has 312 valence electrons. The van der Waals surface area contributed by atoms with Gasteiger partial charge in [0.15, 0.2) is 17.7 Å². The first-order valence-corrected chi connectivity index (χ1v) is 20.6. The van der Waals surface area contributed by atoms with E-state index in [2.05, 4.69) is 24.9 Å². The fourth-order valence-electron chi connectivity index (χ4n) is 9.85. The number of para-hydroxylation sites is 1. The molecule has 13 heteroatoms. The number of cyclic esters (lactones) is 1. The monoisotopic (exact) mass is 790 g/mol. The minimum atomic E-state index is -1.20. The Morgan fingerprint density at radius 3 is 2.53 bits per heavy atom. The number of fused-ring (bicyclic) bond motifs is 2. The number of hydrogen-bond acceptors (Lipinski definition) is 12. The predicted molar refractivity (Wildman–Crippen MR) is 217 cm³/mol. The second-order valence-corrected chi connectivity index (χ2v) is 17.3. The zero-order chi connectivity index (χ0) is 41.4. The molecule has 1 N–H and O–H groups in total. The summed E-state index contributed by atoms with van der Waals surface area (Å²) in [6.45, 7) is 15.9. The van der Waals surface area contributed by atoms with Crippen LogP contribution in [-0.2, 0) is 33.3 Å². The molecule has 0 spiro atoms. The number of pyridine rings is 1. The molecule has 3 fully saturated rings. The molecule has 2 aromatic rings. The third-order valence-corrected chi connectivity index (χ3v) is 12.8. The number of esters is 1. The van der Waals surface area contributed by atoms with Gasteiger partial charge in [0, 0.05) is 41.7 Å². The van der Waals surface area contributed by atoms with E-state index in [1.54, 1.807) is 18.7 Å². The summed E-state index contributed by atoms with van der Waals surface area (Å²) in [5, 5.41) is 12.7. The van der Waals surface area contributed by atoms with Crippen molar-refractivity contribution >= 4 is 40.5 Å². The molecule has 0 saturated carbocycles. The van der Waals surface area contributed by atoms with Crippen LogP contribution in [0.25, 0.3) is 17.0 Å². The Hall–Kier alpha value is -3.75. The smallest absolute Gasteiger partial charge is 0.410 e. The molecule has 5 heterocycles. The van der Waals surface area contributed by atoms with Gasteiger partial charge in [0.05, 0.1) is 42.5 Å². The molecule has 2 bridgehead atoms. The average Bonchev–Trinajstić information content (AvgIpc) is 3.30. The second kappa shape index (κ2) is 17.2. The normalized spacial score (nSPS) is 38.2. The van der Waals surface area contributed by atoms with Crippen LogP contribution in [-0.4, -0.2) is 131 Å². The molecular weight excluding hydrogens is 729 g/mol. The van der Waals surface area contributed by atoms with Gasteiger partial charge in [-0.25, -0.2) is 4.79 Å². The Balaban J connectivity index is 1.42. The summed E-state index contributed by atoms with van der Waals surface area (Å²) < 4.78 is 32.4. The molecule has 0 unspecified atom stereocenters. The van der Waals surface area contributed by atoms with Gasteiger partial charge in [0.25, 0.3) is 0 Å². The zero-order valence-electron chi connectivity index (χ0n) is 35.2. The number of ketones is 1. The molecule has 13 nitrogen and oxygen atoms in total. The molecule has 1 aromatic carbocycles. The Bertz CT molecular complexity index is 1850. The van der Waals surface area contributed by atoms with Gasteiger partial charge < -0.3 is 33.7 Å². The lowest BCUT2D eigenvalue weighted by atomic mass is 9.73. The first kappa shape index (κ1) is 42.8. The average molecular weight is 791 g/mol. The Morgan fingerprint density at radius 2 is 1.81 bits per heavy atom. The number of nitrogens with zero attached hydrogens (tertiary/aromatic N) is 4. The van der Waals surface area contributed by atoms with E-state index in [0.29, 0.717) is 32.4 Å². The molecule has 4 aliphatic rings. The molecule has 6 rings (SSSR count). The molecule has 0 aliphatic carbocycles. The van der Waals surface area contributed by atoms with E-state index in [1.807, 2.05) is 89.3 Å². The van der Waals surface area contributed by atoms with Gasteiger partial charge in [-0.2, -0.15) is 0 Å². The number of Topliss-reactive ketones (excluding diaryl/α,β-unsaturated/α-hetero) is 1. The topological polar surface area (TPSA) is 149 Å². The lowest BCUT2D eigenvalue weighted by molar-refractivity contribution is -0.296. The second-order valence-electron chi connectivity index (χ2n) is 17.3. The van der Waals surface area contributed by atoms with Gasteiger partial charge in [0.2, 0.25) is 0 Å². The molecule has 1 amide bonds. The van der Waals surface area contributed by atoms with Crippen LogP contribution < -0.4 is 0 Å². The van der Waals surface area contributed by atoms with Crippen LogP contribution >= 0.6 is 0 Å². The Morgan fingerprint density at radius 1 is 1.07 bits per heavy atom. The van der Waals surface area contributed by atoms with E-state index in [4.69, 9.17) is 28.7 Å². The summed E-state index contributed by atoms with van der Waals surface area (Å²) in [5.41, 5.74) is 0.295. The Labute approximate surface area is 337 Å². The molecule has 57 heavy (non-hydrogen) atoms. The number of aliphatic imine (C=N–C) groups is 1. The van der Waals surface area contributed by atoms with Gasteiger partial charge in [-0.3, -0.25) is 24.5 Å². The highest BCUT2D eigenvalue weighted by Crippen LogP contribution is 2.44. The van der Waals surface area contributed by atoms with Crippen molar-refractivity contribution in [3.8, 4) is 0 Å². The van der Waals surface area contributed by atoms with Crippen LogP contribution in [0.1, 0.15) is 80.2 Å². The van der Waals surface area contributed by atoms with Crippen molar-refractivity contribution in [1.82, 2.24) is 14.8 Å². The number of aliphatic hydroxyl groups excluding tert-OH is 1. The highest BCUT2D eigenvalue weighted by atomic mass is 16.7. The summed E-state index contributed by atoms with van der Waals surface area (Å²) >= 11 is 0. The SMILES string of the molecule is CC[C@@H]1OC(=O)[C@@H](C)C(=O)[C@@H](C)[C@H](O[C@@H]2O[C@H](C)C[C@H](N(C)C)[C@H]2O)[C@](C)(OC/C=C/c2cnc3ccccc3c2)C[C@@H](C)C2=NCCN3C(=O)O[C@@]1(C)[C@H]3[C@H]2C. The number of amides is 1. The van der Waals surface area contributed by atoms with Crippen LogP contribution in [0.5, 0.6) is 0 Å². The van der Waals surface area contributed by atoms with Gasteiger partial charge in [-0.1, -0.05) is 58.0 Å². The van der Waals surface area contributed by atoms with Crippen LogP contribution in [0, 0.1) is 23.7 Å². The third kappa shape index (κ3) is 8.55. The fraction of sp³-hybridized carbons (Fsp3) is 0.659. The maximum absolute atomic E-state index is 14.6.